The normalized spacial score (nSPS) is 19.0. The van der Waals surface area contributed by atoms with Gasteiger partial charge in [0.1, 0.15) is 11.6 Å². The molecular weight excluding hydrogens is 384 g/mol. The molecule has 1 atom stereocenters. The van der Waals surface area contributed by atoms with Gasteiger partial charge in [0.05, 0.1) is 0 Å². The molecule has 1 aromatic carbocycles. The summed E-state index contributed by atoms with van der Waals surface area (Å²) in [6.45, 7) is 11.1. The summed E-state index contributed by atoms with van der Waals surface area (Å²) in [5, 5.41) is 5.94. The Hall–Kier alpha value is -2.89. The van der Waals surface area contributed by atoms with Crippen molar-refractivity contribution in [2.24, 2.45) is 5.92 Å². The number of fused-ring (bicyclic) bond motifs is 1. The average Bonchev–Trinajstić information content (AvgIpc) is 2.72. The number of nitrogens with one attached hydrogen (secondary N) is 1. The average molecular weight is 417 g/mol. The highest BCUT2D eigenvalue weighted by molar-refractivity contribution is 5.98. The Labute approximate surface area is 184 Å². The van der Waals surface area contributed by atoms with Gasteiger partial charge in [-0.1, -0.05) is 26.8 Å². The van der Waals surface area contributed by atoms with Gasteiger partial charge >= 0.3 is 0 Å². The van der Waals surface area contributed by atoms with Crippen molar-refractivity contribution in [3.63, 3.8) is 0 Å². The summed E-state index contributed by atoms with van der Waals surface area (Å²) in [6, 6.07) is 8.65. The Kier molecular flexibility index (Phi) is 5.38. The molecule has 3 aromatic rings. The lowest BCUT2D eigenvalue weighted by molar-refractivity contribution is 0.442. The van der Waals surface area contributed by atoms with Crippen molar-refractivity contribution in [1.82, 2.24) is 15.0 Å². The maximum absolute atomic E-state index is 4.79. The molecule has 2 saturated heterocycles. The third-order valence-corrected chi connectivity index (χ3v) is 6.57. The zero-order valence-corrected chi connectivity index (χ0v) is 18.8. The van der Waals surface area contributed by atoms with Crippen molar-refractivity contribution >= 4 is 34.0 Å². The molecule has 4 heterocycles. The lowest BCUT2D eigenvalue weighted by Crippen LogP contribution is -2.37. The topological polar surface area (TPSA) is 57.2 Å². The summed E-state index contributed by atoms with van der Waals surface area (Å²) in [6.07, 6.45) is 7.61. The van der Waals surface area contributed by atoms with Crippen LogP contribution >= 0.6 is 0 Å². The van der Waals surface area contributed by atoms with Crippen LogP contribution < -0.4 is 15.1 Å². The highest BCUT2D eigenvalue weighted by Gasteiger charge is 2.20. The SMILES string of the molecule is CC1CCCN(c2nccc(Nc3cc4c(C(C)C)ccc(N5CCC5)c4cn3)n2)C1. The molecule has 0 bridgehead atoms. The molecule has 6 nitrogen and oxygen atoms in total. The van der Waals surface area contributed by atoms with Crippen LogP contribution in [0.15, 0.2) is 36.7 Å². The molecule has 162 valence electrons. The molecule has 0 aliphatic carbocycles. The minimum Gasteiger partial charge on any atom is -0.371 e. The van der Waals surface area contributed by atoms with Crippen LogP contribution in [0.25, 0.3) is 10.8 Å². The second kappa shape index (κ2) is 8.33. The van der Waals surface area contributed by atoms with Crippen LogP contribution in [-0.2, 0) is 0 Å². The van der Waals surface area contributed by atoms with Crippen LogP contribution in [0, 0.1) is 5.92 Å². The van der Waals surface area contributed by atoms with Gasteiger partial charge in [-0.25, -0.2) is 9.97 Å². The predicted octanol–water partition coefficient (Wildman–Crippen LogP) is 5.34. The van der Waals surface area contributed by atoms with Gasteiger partial charge in [0.25, 0.3) is 0 Å². The van der Waals surface area contributed by atoms with E-state index in [0.717, 1.165) is 43.8 Å². The van der Waals surface area contributed by atoms with Gasteiger partial charge < -0.3 is 15.1 Å². The first-order chi connectivity index (χ1) is 15.1. The predicted molar refractivity (Wildman–Crippen MR) is 129 cm³/mol. The van der Waals surface area contributed by atoms with Crippen LogP contribution in [0.4, 0.5) is 23.3 Å². The first-order valence-corrected chi connectivity index (χ1v) is 11.6. The highest BCUT2D eigenvalue weighted by Crippen LogP contribution is 2.35. The zero-order chi connectivity index (χ0) is 21.4. The van der Waals surface area contributed by atoms with E-state index >= 15 is 0 Å². The minimum atomic E-state index is 0.454. The van der Waals surface area contributed by atoms with Crippen LogP contribution in [0.2, 0.25) is 0 Å². The molecule has 0 radical (unpaired) electrons. The van der Waals surface area contributed by atoms with Crippen LogP contribution in [0.1, 0.15) is 51.5 Å². The Balaban J connectivity index is 1.45. The molecular formula is C25H32N6. The number of piperidine rings is 1. The van der Waals surface area contributed by atoms with E-state index in [9.17, 15) is 0 Å². The van der Waals surface area contributed by atoms with E-state index in [0.29, 0.717) is 11.8 Å². The smallest absolute Gasteiger partial charge is 0.227 e. The van der Waals surface area contributed by atoms with E-state index in [-0.39, 0.29) is 0 Å². The number of anilines is 4. The first-order valence-electron chi connectivity index (χ1n) is 11.6. The molecule has 0 spiro atoms. The quantitative estimate of drug-likeness (QED) is 0.606. The summed E-state index contributed by atoms with van der Waals surface area (Å²) in [7, 11) is 0. The van der Waals surface area contributed by atoms with Crippen LogP contribution in [0.5, 0.6) is 0 Å². The van der Waals surface area contributed by atoms with Gasteiger partial charge in [-0.15, -0.1) is 0 Å². The van der Waals surface area contributed by atoms with Gasteiger partial charge in [-0.05, 0) is 60.2 Å². The molecule has 6 heteroatoms. The molecule has 2 aliphatic rings. The Bertz CT molecular complexity index is 1070. The van der Waals surface area contributed by atoms with E-state index in [2.05, 4.69) is 59.1 Å². The fourth-order valence-electron chi connectivity index (χ4n) is 4.72. The summed E-state index contributed by atoms with van der Waals surface area (Å²) < 4.78 is 0. The fraction of sp³-hybridized carbons (Fsp3) is 0.480. The number of pyridine rings is 1. The van der Waals surface area contributed by atoms with Crippen molar-refractivity contribution in [2.75, 3.05) is 41.3 Å². The second-order valence-corrected chi connectivity index (χ2v) is 9.34. The third kappa shape index (κ3) is 4.03. The van der Waals surface area contributed by atoms with Crippen molar-refractivity contribution in [3.8, 4) is 0 Å². The Morgan fingerprint density at radius 2 is 1.81 bits per heavy atom. The van der Waals surface area contributed by atoms with E-state index < -0.39 is 0 Å². The molecule has 1 unspecified atom stereocenters. The first kappa shape index (κ1) is 20.0. The Morgan fingerprint density at radius 1 is 0.968 bits per heavy atom. The molecule has 31 heavy (non-hydrogen) atoms. The molecule has 0 saturated carbocycles. The Morgan fingerprint density at radius 3 is 2.55 bits per heavy atom. The van der Waals surface area contributed by atoms with Gasteiger partial charge in [0.15, 0.2) is 0 Å². The number of rotatable bonds is 5. The lowest BCUT2D eigenvalue weighted by atomic mass is 9.95. The van der Waals surface area contributed by atoms with Gasteiger partial charge in [0.2, 0.25) is 5.95 Å². The molecule has 0 amide bonds. The maximum atomic E-state index is 4.79. The van der Waals surface area contributed by atoms with E-state index in [1.165, 1.54) is 41.3 Å². The van der Waals surface area contributed by atoms with Crippen molar-refractivity contribution in [2.45, 2.75) is 46.0 Å². The molecule has 2 fully saturated rings. The van der Waals surface area contributed by atoms with Gasteiger partial charge in [0, 0.05) is 49.6 Å². The number of hydrogen-bond donors (Lipinski definition) is 1. The number of hydrogen-bond acceptors (Lipinski definition) is 6. The van der Waals surface area contributed by atoms with Crippen LogP contribution in [-0.4, -0.2) is 41.1 Å². The van der Waals surface area contributed by atoms with E-state index in [4.69, 9.17) is 9.97 Å². The monoisotopic (exact) mass is 416 g/mol. The maximum Gasteiger partial charge on any atom is 0.227 e. The number of nitrogens with zero attached hydrogens (tertiary/aromatic N) is 5. The molecule has 5 rings (SSSR count). The second-order valence-electron chi connectivity index (χ2n) is 9.34. The van der Waals surface area contributed by atoms with E-state index in [1.54, 1.807) is 0 Å². The van der Waals surface area contributed by atoms with E-state index in [1.807, 2.05) is 18.5 Å². The number of aromatic nitrogens is 3. The summed E-state index contributed by atoms with van der Waals surface area (Å²) in [4.78, 5) is 18.8. The third-order valence-electron chi connectivity index (χ3n) is 6.57. The van der Waals surface area contributed by atoms with Crippen molar-refractivity contribution < 1.29 is 0 Å². The molecule has 2 aromatic heterocycles. The van der Waals surface area contributed by atoms with Gasteiger partial charge in [-0.2, -0.15) is 4.98 Å². The standard InChI is InChI=1S/C25H32N6/c1-17(2)19-7-8-22(30-12-5-13-30)21-15-27-24(14-20(19)21)28-23-9-10-26-25(29-23)31-11-4-6-18(3)16-31/h7-10,14-15,17-18H,4-6,11-13,16H2,1-3H3,(H,26,27,28,29). The summed E-state index contributed by atoms with van der Waals surface area (Å²) >= 11 is 0. The summed E-state index contributed by atoms with van der Waals surface area (Å²) in [5.41, 5.74) is 2.66. The minimum absolute atomic E-state index is 0.454. The largest absolute Gasteiger partial charge is 0.371 e. The fourth-order valence-corrected chi connectivity index (χ4v) is 4.72. The highest BCUT2D eigenvalue weighted by atomic mass is 15.3. The molecule has 1 N–H and O–H groups in total. The lowest BCUT2D eigenvalue weighted by Gasteiger charge is -2.34. The van der Waals surface area contributed by atoms with Crippen molar-refractivity contribution in [1.29, 1.82) is 0 Å². The molecule has 2 aliphatic heterocycles. The van der Waals surface area contributed by atoms with Crippen LogP contribution in [0.3, 0.4) is 0 Å². The summed E-state index contributed by atoms with van der Waals surface area (Å²) in [5.74, 6) is 3.56. The van der Waals surface area contributed by atoms with Crippen molar-refractivity contribution in [3.05, 3.63) is 42.2 Å². The van der Waals surface area contributed by atoms with Gasteiger partial charge in [-0.3, -0.25) is 0 Å². The number of benzene rings is 1. The zero-order valence-electron chi connectivity index (χ0n) is 18.8.